The van der Waals surface area contributed by atoms with Gasteiger partial charge in [0.2, 0.25) is 5.91 Å². The number of halogens is 1. The predicted molar refractivity (Wildman–Crippen MR) is 134 cm³/mol. The molecule has 0 unspecified atom stereocenters. The molecule has 2 aromatic carbocycles. The standard InChI is InChI=1S/C27H34ClN3O3/c28-23-6-8-25(9-7-23)34-20-26(32)31-18-13-24(14-19-31)30-16-11-22(12-17-30)27(33)29-15-10-21-4-2-1-3-5-21/h1-9,22,24H,10-20H2,(H,29,33). The van der Waals surface area contributed by atoms with E-state index < -0.39 is 0 Å². The van der Waals surface area contributed by atoms with Crippen LogP contribution in [0.5, 0.6) is 5.75 Å². The SMILES string of the molecule is O=C(NCCc1ccccc1)C1CCN(C2CCN(C(=O)COc3ccc(Cl)cc3)CC2)CC1. The van der Waals surface area contributed by atoms with Crippen molar-refractivity contribution in [2.45, 2.75) is 38.1 Å². The number of nitrogens with zero attached hydrogens (tertiary/aromatic N) is 2. The third kappa shape index (κ3) is 6.97. The molecule has 2 fully saturated rings. The van der Waals surface area contributed by atoms with E-state index in [1.165, 1.54) is 5.56 Å². The summed E-state index contributed by atoms with van der Waals surface area (Å²) < 4.78 is 5.61. The van der Waals surface area contributed by atoms with Crippen molar-refractivity contribution in [1.82, 2.24) is 15.1 Å². The fourth-order valence-corrected chi connectivity index (χ4v) is 5.02. The first-order valence-corrected chi connectivity index (χ1v) is 12.7. The van der Waals surface area contributed by atoms with Crippen molar-refractivity contribution in [3.63, 3.8) is 0 Å². The van der Waals surface area contributed by atoms with Crippen LogP contribution in [0, 0.1) is 5.92 Å². The lowest BCUT2D eigenvalue weighted by molar-refractivity contribution is -0.135. The smallest absolute Gasteiger partial charge is 0.260 e. The minimum atomic E-state index is 0.0271. The normalized spacial score (nSPS) is 18.0. The van der Waals surface area contributed by atoms with Crippen LogP contribution in [0.25, 0.3) is 0 Å². The molecule has 2 amide bonds. The average molecular weight is 484 g/mol. The van der Waals surface area contributed by atoms with Crippen LogP contribution < -0.4 is 10.1 Å². The van der Waals surface area contributed by atoms with E-state index in [2.05, 4.69) is 22.3 Å². The Morgan fingerprint density at radius 2 is 1.59 bits per heavy atom. The van der Waals surface area contributed by atoms with Gasteiger partial charge in [-0.3, -0.25) is 9.59 Å². The molecule has 7 heteroatoms. The predicted octanol–water partition coefficient (Wildman–Crippen LogP) is 3.78. The molecule has 0 aromatic heterocycles. The second-order valence-corrected chi connectivity index (χ2v) is 9.63. The molecule has 34 heavy (non-hydrogen) atoms. The van der Waals surface area contributed by atoms with Gasteiger partial charge >= 0.3 is 0 Å². The summed E-state index contributed by atoms with van der Waals surface area (Å²) in [6, 6.07) is 17.8. The molecule has 2 saturated heterocycles. The summed E-state index contributed by atoms with van der Waals surface area (Å²) in [4.78, 5) is 29.5. The van der Waals surface area contributed by atoms with Gasteiger partial charge in [-0.05, 0) is 75.0 Å². The first-order valence-electron chi connectivity index (χ1n) is 12.3. The number of ether oxygens (including phenoxy) is 1. The molecule has 0 spiro atoms. The number of nitrogens with one attached hydrogen (secondary N) is 1. The molecule has 2 aliphatic heterocycles. The fourth-order valence-electron chi connectivity index (χ4n) is 4.89. The Hall–Kier alpha value is -2.57. The summed E-state index contributed by atoms with van der Waals surface area (Å²) in [5.41, 5.74) is 1.25. The highest BCUT2D eigenvalue weighted by molar-refractivity contribution is 6.30. The summed E-state index contributed by atoms with van der Waals surface area (Å²) >= 11 is 5.88. The van der Waals surface area contributed by atoms with Crippen molar-refractivity contribution < 1.29 is 14.3 Å². The number of likely N-dealkylation sites (tertiary alicyclic amines) is 2. The van der Waals surface area contributed by atoms with E-state index in [9.17, 15) is 9.59 Å². The molecule has 2 aliphatic rings. The van der Waals surface area contributed by atoms with Crippen LogP contribution in [0.2, 0.25) is 5.02 Å². The number of hydrogen-bond acceptors (Lipinski definition) is 4. The number of rotatable bonds is 8. The van der Waals surface area contributed by atoms with E-state index in [4.69, 9.17) is 16.3 Å². The second-order valence-electron chi connectivity index (χ2n) is 9.19. The molecule has 0 atom stereocenters. The highest BCUT2D eigenvalue weighted by Gasteiger charge is 2.31. The first-order chi connectivity index (χ1) is 16.6. The molecule has 182 valence electrons. The van der Waals surface area contributed by atoms with Crippen molar-refractivity contribution in [3.05, 3.63) is 65.2 Å². The van der Waals surface area contributed by atoms with E-state index in [1.807, 2.05) is 23.1 Å². The minimum absolute atomic E-state index is 0.0271. The Morgan fingerprint density at radius 3 is 2.26 bits per heavy atom. The maximum atomic E-state index is 12.6. The topological polar surface area (TPSA) is 61.9 Å². The summed E-state index contributed by atoms with van der Waals surface area (Å²) in [6.45, 7) is 4.17. The number of carbonyl (C=O) groups is 2. The van der Waals surface area contributed by atoms with E-state index in [-0.39, 0.29) is 24.3 Å². The molecule has 2 aromatic rings. The lowest BCUT2D eigenvalue weighted by atomic mass is 9.92. The van der Waals surface area contributed by atoms with Crippen LogP contribution in [0.4, 0.5) is 0 Å². The van der Waals surface area contributed by atoms with E-state index >= 15 is 0 Å². The molecule has 0 aliphatic carbocycles. The zero-order valence-corrected chi connectivity index (χ0v) is 20.4. The molecule has 2 heterocycles. The lowest BCUT2D eigenvalue weighted by Crippen LogP contribution is -2.50. The van der Waals surface area contributed by atoms with Gasteiger partial charge in [-0.1, -0.05) is 41.9 Å². The number of carbonyl (C=O) groups excluding carboxylic acids is 2. The Balaban J connectivity index is 1.12. The van der Waals surface area contributed by atoms with Gasteiger partial charge in [0.1, 0.15) is 5.75 Å². The summed E-state index contributed by atoms with van der Waals surface area (Å²) in [7, 11) is 0. The monoisotopic (exact) mass is 483 g/mol. The maximum absolute atomic E-state index is 12.6. The highest BCUT2D eigenvalue weighted by atomic mass is 35.5. The molecular formula is C27H34ClN3O3. The van der Waals surface area contributed by atoms with Gasteiger partial charge in [-0.2, -0.15) is 0 Å². The van der Waals surface area contributed by atoms with Gasteiger partial charge in [0.05, 0.1) is 0 Å². The minimum Gasteiger partial charge on any atom is -0.484 e. The third-order valence-electron chi connectivity index (χ3n) is 6.97. The first kappa shape index (κ1) is 24.6. The zero-order chi connectivity index (χ0) is 23.8. The van der Waals surface area contributed by atoms with Gasteiger partial charge in [0, 0.05) is 36.6 Å². The molecule has 0 bridgehead atoms. The number of amides is 2. The van der Waals surface area contributed by atoms with Crippen molar-refractivity contribution in [2.75, 3.05) is 39.3 Å². The Labute approximate surface area is 207 Å². The maximum Gasteiger partial charge on any atom is 0.260 e. The molecule has 1 N–H and O–H groups in total. The number of piperidine rings is 2. The van der Waals surface area contributed by atoms with Gasteiger partial charge in [0.25, 0.3) is 5.91 Å². The summed E-state index contributed by atoms with van der Waals surface area (Å²) in [5, 5.41) is 3.77. The number of benzene rings is 2. The van der Waals surface area contributed by atoms with Crippen LogP contribution >= 0.6 is 11.6 Å². The van der Waals surface area contributed by atoms with Gasteiger partial charge in [0.15, 0.2) is 6.61 Å². The molecule has 0 radical (unpaired) electrons. The molecule has 4 rings (SSSR count). The quantitative estimate of drug-likeness (QED) is 0.620. The van der Waals surface area contributed by atoms with Gasteiger partial charge < -0.3 is 19.9 Å². The molecular weight excluding hydrogens is 450 g/mol. The fraction of sp³-hybridized carbons (Fsp3) is 0.481. The van der Waals surface area contributed by atoms with Crippen LogP contribution in [-0.4, -0.2) is 67.0 Å². The highest BCUT2D eigenvalue weighted by Crippen LogP contribution is 2.24. The summed E-state index contributed by atoms with van der Waals surface area (Å²) in [6.07, 6.45) is 4.63. The van der Waals surface area contributed by atoms with E-state index in [0.29, 0.717) is 23.4 Å². The van der Waals surface area contributed by atoms with Crippen LogP contribution in [-0.2, 0) is 16.0 Å². The zero-order valence-electron chi connectivity index (χ0n) is 19.6. The van der Waals surface area contributed by atoms with E-state index in [0.717, 1.165) is 58.3 Å². The van der Waals surface area contributed by atoms with Crippen molar-refractivity contribution in [3.8, 4) is 5.75 Å². The Morgan fingerprint density at radius 1 is 0.912 bits per heavy atom. The Bertz CT molecular complexity index is 922. The van der Waals surface area contributed by atoms with Crippen molar-refractivity contribution >= 4 is 23.4 Å². The number of hydrogen-bond donors (Lipinski definition) is 1. The van der Waals surface area contributed by atoms with Gasteiger partial charge in [-0.25, -0.2) is 0 Å². The Kier molecular flexibility index (Phi) is 8.83. The molecule has 6 nitrogen and oxygen atoms in total. The van der Waals surface area contributed by atoms with Crippen molar-refractivity contribution in [2.24, 2.45) is 5.92 Å². The summed E-state index contributed by atoms with van der Waals surface area (Å²) in [5.74, 6) is 0.981. The third-order valence-corrected chi connectivity index (χ3v) is 7.22. The average Bonchev–Trinajstić information content (AvgIpc) is 2.89. The van der Waals surface area contributed by atoms with Crippen LogP contribution in [0.3, 0.4) is 0 Å². The van der Waals surface area contributed by atoms with Crippen LogP contribution in [0.1, 0.15) is 31.2 Å². The second kappa shape index (κ2) is 12.2. The van der Waals surface area contributed by atoms with Gasteiger partial charge in [-0.15, -0.1) is 0 Å². The lowest BCUT2D eigenvalue weighted by Gasteiger charge is -2.41. The van der Waals surface area contributed by atoms with E-state index in [1.54, 1.807) is 24.3 Å². The van der Waals surface area contributed by atoms with Crippen molar-refractivity contribution in [1.29, 1.82) is 0 Å². The molecule has 0 saturated carbocycles. The largest absolute Gasteiger partial charge is 0.484 e. The van der Waals surface area contributed by atoms with Crippen LogP contribution in [0.15, 0.2) is 54.6 Å².